The average molecular weight is 1070 g/mol. The number of aromatic nitrogens is 5. The lowest BCUT2D eigenvalue weighted by molar-refractivity contribution is -0.142. The largest absolute Gasteiger partial charge is 0.481 e. The highest BCUT2D eigenvalue weighted by Gasteiger charge is 2.31. The molecule has 0 saturated heterocycles. The van der Waals surface area contributed by atoms with Crippen molar-refractivity contribution in [1.82, 2.24) is 62.1 Å². The van der Waals surface area contributed by atoms with Crippen LogP contribution in [0.5, 0.6) is 0 Å². The fourth-order valence-corrected chi connectivity index (χ4v) is 7.55. The molecule has 4 rings (SSSR count). The van der Waals surface area contributed by atoms with Crippen molar-refractivity contribution >= 4 is 65.1 Å². The number of hydrogen-bond acceptors (Lipinski definition) is 18. The number of nitrogens with zero attached hydrogens (tertiary/aromatic N) is 5. The number of carboxylic acids is 2. The summed E-state index contributed by atoms with van der Waals surface area (Å²) in [6, 6.07) is 11.2. The number of carbonyl (C=O) groups is 9. The number of amides is 7. The fourth-order valence-electron chi connectivity index (χ4n) is 7.08. The van der Waals surface area contributed by atoms with Crippen LogP contribution in [0.2, 0.25) is 0 Å². The lowest BCUT2D eigenvalue weighted by Crippen LogP contribution is -2.58. The molecular formula is C49H64N14O12S. The first-order chi connectivity index (χ1) is 36.4. The van der Waals surface area contributed by atoms with Crippen molar-refractivity contribution in [3.8, 4) is 22.8 Å². The first-order valence-corrected chi connectivity index (χ1v) is 25.5. The Labute approximate surface area is 441 Å². The van der Waals surface area contributed by atoms with E-state index in [4.69, 9.17) is 11.5 Å². The predicted molar refractivity (Wildman–Crippen MR) is 276 cm³/mol. The van der Waals surface area contributed by atoms with Crippen LogP contribution >= 0.6 is 11.8 Å². The number of aliphatic hydroxyl groups excluding tert-OH is 1. The van der Waals surface area contributed by atoms with Crippen molar-refractivity contribution < 1.29 is 58.5 Å². The van der Waals surface area contributed by atoms with Gasteiger partial charge in [-0.2, -0.15) is 11.8 Å². The molecule has 0 aliphatic rings. The molecule has 408 valence electrons. The highest BCUT2D eigenvalue weighted by atomic mass is 32.2. The standard InChI is InChI=1S/C49H64N14O12S/c1-28(64)44(63-47(72)35(18-22-76-2)62-45(70)30(51)23-29-9-4-3-5-10-29)48(73)55-26-39-53-21-17-34(59-39)32-13-8-12-31(57-32)33-16-20-52-38(58-33)25-54-40(65)14-15-41(66)61-37(24-43(68)69)46(71)56-27-42(67)60-36(49(74)75)11-6-7-19-50/h3-5,8-10,12-13,16-17,20-21,28,30,35-37,44,64H,6-7,11,14-15,18-19,22-27,50-51H2,1-2H3,(H,54,65)(H,55,73)(H,56,71)(H,60,67)(H,61,66)(H,62,70)(H,63,72)(H,68,69)(H,74,75)/t28-,30+,35+,36+,37+,44+/m1/s1. The molecule has 6 atom stereocenters. The first kappa shape index (κ1) is 60.5. The quantitative estimate of drug-likeness (QED) is 0.0247. The Bertz CT molecular complexity index is 2630. The van der Waals surface area contributed by atoms with E-state index in [2.05, 4.69) is 62.1 Å². The van der Waals surface area contributed by atoms with E-state index in [9.17, 15) is 58.5 Å². The molecule has 7 amide bonds. The van der Waals surface area contributed by atoms with Gasteiger partial charge in [0.1, 0.15) is 35.8 Å². The minimum Gasteiger partial charge on any atom is -0.481 e. The molecule has 14 N–H and O–H groups in total. The number of hydrogen-bond donors (Lipinski definition) is 12. The Morgan fingerprint density at radius 1 is 0.618 bits per heavy atom. The van der Waals surface area contributed by atoms with E-state index in [-0.39, 0.29) is 50.4 Å². The van der Waals surface area contributed by atoms with Gasteiger partial charge in [-0.25, -0.2) is 29.7 Å². The molecule has 26 nitrogen and oxygen atoms in total. The number of rotatable bonds is 32. The van der Waals surface area contributed by atoms with Crippen LogP contribution in [0.25, 0.3) is 22.8 Å². The Balaban J connectivity index is 1.29. The lowest BCUT2D eigenvalue weighted by Gasteiger charge is -2.25. The smallest absolute Gasteiger partial charge is 0.326 e. The highest BCUT2D eigenvalue weighted by molar-refractivity contribution is 7.98. The molecule has 0 aliphatic carbocycles. The van der Waals surface area contributed by atoms with Gasteiger partial charge in [0.2, 0.25) is 41.4 Å². The number of pyridine rings is 1. The number of nitrogens with one attached hydrogen (secondary N) is 7. The molecule has 4 aromatic rings. The molecule has 0 fully saturated rings. The van der Waals surface area contributed by atoms with Crippen molar-refractivity contribution in [2.24, 2.45) is 11.5 Å². The van der Waals surface area contributed by atoms with Gasteiger partial charge in [0.15, 0.2) is 0 Å². The fraction of sp³-hybridized carbons (Fsp3) is 0.429. The van der Waals surface area contributed by atoms with Gasteiger partial charge >= 0.3 is 11.9 Å². The van der Waals surface area contributed by atoms with Gasteiger partial charge in [0.25, 0.3) is 0 Å². The minimum absolute atomic E-state index is 0.103. The Kier molecular flexibility index (Phi) is 25.2. The van der Waals surface area contributed by atoms with Crippen LogP contribution < -0.4 is 48.7 Å². The molecule has 0 bridgehead atoms. The van der Waals surface area contributed by atoms with Crippen LogP contribution in [0.15, 0.2) is 73.1 Å². The monoisotopic (exact) mass is 1070 g/mol. The highest BCUT2D eigenvalue weighted by Crippen LogP contribution is 2.20. The summed E-state index contributed by atoms with van der Waals surface area (Å²) in [5, 5.41) is 46.4. The third kappa shape index (κ3) is 21.1. The lowest BCUT2D eigenvalue weighted by atomic mass is 10.1. The van der Waals surface area contributed by atoms with Crippen LogP contribution in [0.3, 0.4) is 0 Å². The Morgan fingerprint density at radius 2 is 1.22 bits per heavy atom. The summed E-state index contributed by atoms with van der Waals surface area (Å²) >= 11 is 1.46. The zero-order valence-electron chi connectivity index (χ0n) is 41.9. The number of carboxylic acid groups (broad SMARTS) is 2. The van der Waals surface area contributed by atoms with Crippen LogP contribution in [-0.4, -0.2) is 155 Å². The summed E-state index contributed by atoms with van der Waals surface area (Å²) in [6.07, 6.45) is 3.34. The third-order valence-corrected chi connectivity index (χ3v) is 11.7. The minimum atomic E-state index is -1.61. The molecule has 0 unspecified atom stereocenters. The second-order valence-corrected chi connectivity index (χ2v) is 18.1. The maximum absolute atomic E-state index is 13.5. The molecule has 0 saturated carbocycles. The van der Waals surface area contributed by atoms with E-state index < -0.39 is 109 Å². The van der Waals surface area contributed by atoms with E-state index in [1.54, 1.807) is 30.3 Å². The van der Waals surface area contributed by atoms with E-state index >= 15 is 0 Å². The van der Waals surface area contributed by atoms with E-state index in [0.29, 0.717) is 47.9 Å². The summed E-state index contributed by atoms with van der Waals surface area (Å²) in [5.41, 5.74) is 14.0. The maximum atomic E-state index is 13.5. The van der Waals surface area contributed by atoms with Crippen LogP contribution in [-0.2, 0) is 62.7 Å². The number of unbranched alkanes of at least 4 members (excludes halogenated alkanes) is 1. The van der Waals surface area contributed by atoms with Gasteiger partial charge in [-0.15, -0.1) is 0 Å². The van der Waals surface area contributed by atoms with Gasteiger partial charge < -0.3 is 64.0 Å². The topological polar surface area (TPSA) is 415 Å². The zero-order valence-corrected chi connectivity index (χ0v) is 42.7. The van der Waals surface area contributed by atoms with Gasteiger partial charge in [-0.05, 0) is 87.4 Å². The molecule has 0 radical (unpaired) electrons. The summed E-state index contributed by atoms with van der Waals surface area (Å²) in [4.78, 5) is 136. The molecule has 0 aliphatic heterocycles. The molecule has 1 aromatic carbocycles. The van der Waals surface area contributed by atoms with Crippen molar-refractivity contribution in [1.29, 1.82) is 0 Å². The zero-order chi connectivity index (χ0) is 55.6. The van der Waals surface area contributed by atoms with E-state index in [0.717, 1.165) is 5.56 Å². The third-order valence-electron chi connectivity index (χ3n) is 11.1. The molecule has 27 heteroatoms. The predicted octanol–water partition coefficient (Wildman–Crippen LogP) is -1.54. The van der Waals surface area contributed by atoms with Gasteiger partial charge in [-0.1, -0.05) is 36.4 Å². The molecule has 76 heavy (non-hydrogen) atoms. The summed E-state index contributed by atoms with van der Waals surface area (Å²) in [7, 11) is 0. The van der Waals surface area contributed by atoms with Crippen molar-refractivity contribution in [3.05, 3.63) is 90.3 Å². The number of aliphatic carboxylic acids is 2. The normalized spacial score (nSPS) is 13.3. The first-order valence-electron chi connectivity index (χ1n) is 24.1. The van der Waals surface area contributed by atoms with Crippen LogP contribution in [0.4, 0.5) is 0 Å². The van der Waals surface area contributed by atoms with Gasteiger partial charge in [-0.3, -0.25) is 38.4 Å². The van der Waals surface area contributed by atoms with Crippen LogP contribution in [0, 0.1) is 0 Å². The van der Waals surface area contributed by atoms with Gasteiger partial charge in [0, 0.05) is 25.2 Å². The second kappa shape index (κ2) is 31.7. The molecule has 3 heterocycles. The number of nitrogens with two attached hydrogens (primary N) is 2. The van der Waals surface area contributed by atoms with Crippen molar-refractivity contribution in [2.75, 3.05) is 25.1 Å². The number of benzene rings is 1. The summed E-state index contributed by atoms with van der Waals surface area (Å²) in [6.45, 7) is 0.632. The van der Waals surface area contributed by atoms with E-state index in [1.807, 2.05) is 36.6 Å². The molecular weight excluding hydrogens is 1010 g/mol. The van der Waals surface area contributed by atoms with Crippen molar-refractivity contribution in [2.45, 2.75) is 108 Å². The number of thioether (sulfide) groups is 1. The van der Waals surface area contributed by atoms with E-state index in [1.165, 1.54) is 31.1 Å². The van der Waals surface area contributed by atoms with Crippen molar-refractivity contribution in [3.63, 3.8) is 0 Å². The summed E-state index contributed by atoms with van der Waals surface area (Å²) in [5.74, 6) is -7.10. The number of carbonyl (C=O) groups excluding carboxylic acids is 7. The molecule has 3 aromatic heterocycles. The second-order valence-electron chi connectivity index (χ2n) is 17.2. The Morgan fingerprint density at radius 3 is 1.82 bits per heavy atom. The SMILES string of the molecule is CSCC[C@H](NC(=O)[C@@H](N)Cc1ccccc1)C(=O)N[C@H](C(=O)NCc1nccc(-c2cccc(-c3ccnc(CNC(=O)CCC(=O)N[C@@H](CC(=O)O)C(=O)NCC(=O)N[C@@H](CCCCN)C(=O)O)n3)n2)n1)[C@@H](C)O. The van der Waals surface area contributed by atoms with Gasteiger partial charge in [0.05, 0.1) is 61.0 Å². The van der Waals surface area contributed by atoms with Crippen LogP contribution in [0.1, 0.15) is 69.1 Å². The maximum Gasteiger partial charge on any atom is 0.326 e. The number of aliphatic hydroxyl groups is 1. The molecule has 0 spiro atoms. The summed E-state index contributed by atoms with van der Waals surface area (Å²) < 4.78 is 0. The average Bonchev–Trinajstić information content (AvgIpc) is 3.40. The Hall–Kier alpha value is -8.01.